The Hall–Kier alpha value is -1.84. The molecule has 0 bridgehead atoms. The maximum Gasteiger partial charge on any atom is 0.258 e. The van der Waals surface area contributed by atoms with Crippen molar-refractivity contribution in [2.75, 3.05) is 18.0 Å². The second kappa shape index (κ2) is 5.88. The van der Waals surface area contributed by atoms with E-state index >= 15 is 0 Å². The number of carbonyl (C=O) groups excluding carboxylic acids is 1. The van der Waals surface area contributed by atoms with Crippen LogP contribution < -0.4 is 10.2 Å². The predicted molar refractivity (Wildman–Crippen MR) is 86.0 cm³/mol. The van der Waals surface area contributed by atoms with Crippen molar-refractivity contribution >= 4 is 23.2 Å². The van der Waals surface area contributed by atoms with Gasteiger partial charge in [0.25, 0.3) is 5.91 Å². The Morgan fingerprint density at radius 2 is 2.00 bits per heavy atom. The van der Waals surface area contributed by atoms with Crippen LogP contribution in [0.4, 0.5) is 5.69 Å². The van der Waals surface area contributed by atoms with Crippen molar-refractivity contribution in [2.45, 2.75) is 13.5 Å². The number of nitrogens with one attached hydrogen (secondary N) is 1. The first kappa shape index (κ1) is 14.1. The van der Waals surface area contributed by atoms with Crippen LogP contribution in [0.3, 0.4) is 0 Å². The molecule has 0 aromatic heterocycles. The highest BCUT2D eigenvalue weighted by Gasteiger charge is 2.23. The number of fused-ring (bicyclic) bond motifs is 1. The molecular weight excluding hydrogens is 284 g/mol. The van der Waals surface area contributed by atoms with Crippen LogP contribution >= 0.6 is 11.6 Å². The summed E-state index contributed by atoms with van der Waals surface area (Å²) >= 11 is 6.15. The quantitative estimate of drug-likeness (QED) is 0.875. The first-order valence-corrected chi connectivity index (χ1v) is 7.42. The van der Waals surface area contributed by atoms with Gasteiger partial charge in [0.1, 0.15) is 0 Å². The van der Waals surface area contributed by atoms with Gasteiger partial charge in [-0.15, -0.1) is 0 Å². The molecule has 2 aromatic rings. The average Bonchev–Trinajstić information content (AvgIpc) is 2.72. The van der Waals surface area contributed by atoms with Gasteiger partial charge in [0, 0.05) is 35.9 Å². The van der Waals surface area contributed by atoms with Gasteiger partial charge in [0.2, 0.25) is 0 Å². The van der Waals surface area contributed by atoms with Crippen molar-refractivity contribution < 1.29 is 4.79 Å². The van der Waals surface area contributed by atoms with Gasteiger partial charge in [0.15, 0.2) is 0 Å². The van der Waals surface area contributed by atoms with Crippen molar-refractivity contribution in [3.8, 4) is 0 Å². The van der Waals surface area contributed by atoms with Crippen molar-refractivity contribution in [2.24, 2.45) is 0 Å². The van der Waals surface area contributed by atoms with Crippen molar-refractivity contribution in [3.63, 3.8) is 0 Å². The molecule has 2 aromatic carbocycles. The van der Waals surface area contributed by atoms with Gasteiger partial charge >= 0.3 is 0 Å². The van der Waals surface area contributed by atoms with E-state index in [4.69, 9.17) is 11.6 Å². The van der Waals surface area contributed by atoms with Crippen LogP contribution in [0.2, 0.25) is 5.02 Å². The highest BCUT2D eigenvalue weighted by molar-refractivity contribution is 6.32. The fourth-order valence-electron chi connectivity index (χ4n) is 2.65. The number of para-hydroxylation sites is 1. The lowest BCUT2D eigenvalue weighted by atomic mass is 10.1. The van der Waals surface area contributed by atoms with E-state index in [-0.39, 0.29) is 5.91 Å². The Balaban J connectivity index is 2.03. The highest BCUT2D eigenvalue weighted by Crippen LogP contribution is 2.26. The number of hydrogen-bond acceptors (Lipinski definition) is 2. The summed E-state index contributed by atoms with van der Waals surface area (Å²) < 4.78 is 0. The van der Waals surface area contributed by atoms with Crippen molar-refractivity contribution in [3.05, 3.63) is 64.2 Å². The molecular formula is C17H17ClN2O. The van der Waals surface area contributed by atoms with E-state index in [9.17, 15) is 4.79 Å². The van der Waals surface area contributed by atoms with Gasteiger partial charge in [-0.05, 0) is 36.2 Å². The molecule has 21 heavy (non-hydrogen) atoms. The molecule has 0 unspecified atom stereocenters. The second-order valence-electron chi connectivity index (χ2n) is 5.17. The van der Waals surface area contributed by atoms with Crippen LogP contribution in [0.15, 0.2) is 42.5 Å². The predicted octanol–water partition coefficient (Wildman–Crippen LogP) is 3.40. The minimum absolute atomic E-state index is 0.00569. The molecule has 0 spiro atoms. The smallest absolute Gasteiger partial charge is 0.258 e. The number of amides is 1. The summed E-state index contributed by atoms with van der Waals surface area (Å²) in [5.74, 6) is 0.00569. The lowest BCUT2D eigenvalue weighted by Crippen LogP contribution is -2.35. The molecule has 1 N–H and O–H groups in total. The largest absolute Gasteiger partial charge is 0.311 e. The third-order valence-corrected chi connectivity index (χ3v) is 4.26. The third kappa shape index (κ3) is 2.67. The zero-order valence-corrected chi connectivity index (χ0v) is 12.7. The SMILES string of the molecule is Cc1c(Cl)cccc1C(=O)N1CCNCc2ccccc21. The molecule has 108 valence electrons. The zero-order valence-electron chi connectivity index (χ0n) is 11.9. The van der Waals surface area contributed by atoms with Crippen molar-refractivity contribution in [1.29, 1.82) is 0 Å². The van der Waals surface area contributed by atoms with Gasteiger partial charge in [0.05, 0.1) is 0 Å². The van der Waals surface area contributed by atoms with E-state index in [1.54, 1.807) is 0 Å². The lowest BCUT2D eigenvalue weighted by molar-refractivity contribution is 0.0987. The molecule has 0 atom stereocenters. The highest BCUT2D eigenvalue weighted by atomic mass is 35.5. The molecule has 1 aliphatic heterocycles. The average molecular weight is 301 g/mol. The Labute approximate surface area is 129 Å². The molecule has 1 amide bonds. The molecule has 0 aliphatic carbocycles. The molecule has 0 radical (unpaired) electrons. The van der Waals surface area contributed by atoms with E-state index in [0.717, 1.165) is 29.9 Å². The molecule has 0 fully saturated rings. The summed E-state index contributed by atoms with van der Waals surface area (Å²) in [5, 5.41) is 3.97. The number of nitrogens with zero attached hydrogens (tertiary/aromatic N) is 1. The molecule has 4 heteroatoms. The Morgan fingerprint density at radius 3 is 2.86 bits per heavy atom. The van der Waals surface area contributed by atoms with Crippen LogP contribution in [-0.4, -0.2) is 19.0 Å². The van der Waals surface area contributed by atoms with E-state index in [1.807, 2.05) is 48.2 Å². The summed E-state index contributed by atoms with van der Waals surface area (Å²) in [6.45, 7) is 4.11. The Bertz CT molecular complexity index is 684. The Morgan fingerprint density at radius 1 is 1.19 bits per heavy atom. The van der Waals surface area contributed by atoms with Gasteiger partial charge in [-0.2, -0.15) is 0 Å². The molecule has 0 saturated heterocycles. The van der Waals surface area contributed by atoms with Crippen LogP contribution in [-0.2, 0) is 6.54 Å². The number of benzene rings is 2. The topological polar surface area (TPSA) is 32.3 Å². The minimum Gasteiger partial charge on any atom is -0.311 e. The van der Waals surface area contributed by atoms with Gasteiger partial charge < -0.3 is 10.2 Å². The maximum absolute atomic E-state index is 12.9. The van der Waals surface area contributed by atoms with E-state index in [0.29, 0.717) is 17.1 Å². The minimum atomic E-state index is 0.00569. The number of halogens is 1. The molecule has 1 heterocycles. The first-order valence-electron chi connectivity index (χ1n) is 7.04. The lowest BCUT2D eigenvalue weighted by Gasteiger charge is -2.23. The molecule has 0 saturated carbocycles. The molecule has 3 nitrogen and oxygen atoms in total. The normalized spacial score (nSPS) is 14.5. The summed E-state index contributed by atoms with van der Waals surface area (Å²) in [4.78, 5) is 14.8. The van der Waals surface area contributed by atoms with Crippen LogP contribution in [0.25, 0.3) is 0 Å². The summed E-state index contributed by atoms with van der Waals surface area (Å²) in [5.41, 5.74) is 3.62. The van der Waals surface area contributed by atoms with Crippen molar-refractivity contribution in [1.82, 2.24) is 5.32 Å². The van der Waals surface area contributed by atoms with E-state index in [1.165, 1.54) is 0 Å². The zero-order chi connectivity index (χ0) is 14.8. The fraction of sp³-hybridized carbons (Fsp3) is 0.235. The van der Waals surface area contributed by atoms with Crippen LogP contribution in [0.5, 0.6) is 0 Å². The van der Waals surface area contributed by atoms with Crippen LogP contribution in [0, 0.1) is 6.92 Å². The van der Waals surface area contributed by atoms with Crippen LogP contribution in [0.1, 0.15) is 21.5 Å². The van der Waals surface area contributed by atoms with Gasteiger partial charge in [-0.25, -0.2) is 0 Å². The fourth-order valence-corrected chi connectivity index (χ4v) is 2.83. The van der Waals surface area contributed by atoms with Gasteiger partial charge in [-0.1, -0.05) is 35.9 Å². The number of rotatable bonds is 1. The van der Waals surface area contributed by atoms with E-state index < -0.39 is 0 Å². The standard InChI is InChI=1S/C17H17ClN2O/c1-12-14(6-4-7-15(12)18)17(21)20-10-9-19-11-13-5-2-3-8-16(13)20/h2-8,19H,9-11H2,1H3. The summed E-state index contributed by atoms with van der Waals surface area (Å²) in [6.07, 6.45) is 0. The summed E-state index contributed by atoms with van der Waals surface area (Å²) in [7, 11) is 0. The number of carbonyl (C=O) groups is 1. The first-order chi connectivity index (χ1) is 10.2. The second-order valence-corrected chi connectivity index (χ2v) is 5.58. The number of anilines is 1. The Kier molecular flexibility index (Phi) is 3.95. The maximum atomic E-state index is 12.9. The third-order valence-electron chi connectivity index (χ3n) is 3.85. The monoisotopic (exact) mass is 300 g/mol. The van der Waals surface area contributed by atoms with E-state index in [2.05, 4.69) is 11.4 Å². The summed E-state index contributed by atoms with van der Waals surface area (Å²) in [6, 6.07) is 13.5. The number of hydrogen-bond donors (Lipinski definition) is 1. The molecule has 3 rings (SSSR count). The molecule has 1 aliphatic rings. The van der Waals surface area contributed by atoms with Gasteiger partial charge in [-0.3, -0.25) is 4.79 Å².